The second-order valence-electron chi connectivity index (χ2n) is 9.78. The normalized spacial score (nSPS) is 22.7. The number of nitrogens with zero attached hydrogens (tertiary/aromatic N) is 3. The maximum atomic E-state index is 12.2. The molecule has 4 aromatic rings. The number of carbonyl (C=O) groups excluding carboxylic acids is 1. The molecule has 4 atom stereocenters. The van der Waals surface area contributed by atoms with Gasteiger partial charge in [-0.2, -0.15) is 9.35 Å². The number of benzene rings is 2. The van der Waals surface area contributed by atoms with Crippen LogP contribution in [-0.4, -0.2) is 80.3 Å². The number of carbonyl (C=O) groups is 1. The van der Waals surface area contributed by atoms with Gasteiger partial charge in [0.2, 0.25) is 0 Å². The molecule has 2 fully saturated rings. The third-order valence-corrected chi connectivity index (χ3v) is 7.47. The molecule has 2 aliphatic rings. The van der Waals surface area contributed by atoms with Gasteiger partial charge in [-0.3, -0.25) is 4.79 Å². The van der Waals surface area contributed by atoms with Crippen LogP contribution in [0.3, 0.4) is 0 Å². The van der Waals surface area contributed by atoms with Gasteiger partial charge in [-0.15, -0.1) is 0 Å². The van der Waals surface area contributed by atoms with Crippen molar-refractivity contribution in [1.29, 1.82) is 0 Å². The highest BCUT2D eigenvalue weighted by atomic mass is 35.5. The molecule has 10 nitrogen and oxygen atoms in total. The number of amides is 1. The molecule has 2 N–H and O–H groups in total. The van der Waals surface area contributed by atoms with Crippen molar-refractivity contribution < 1.29 is 28.3 Å². The van der Waals surface area contributed by atoms with Gasteiger partial charge in [-0.05, 0) is 29.3 Å². The van der Waals surface area contributed by atoms with Crippen molar-refractivity contribution in [2.24, 2.45) is 4.36 Å². The molecule has 0 radical (unpaired) electrons. The van der Waals surface area contributed by atoms with Crippen LogP contribution >= 0.6 is 11.6 Å². The molecule has 0 spiro atoms. The standard InChI is InChI=1S/C27H25ClN4O6S/c1-39(2,35)32-26(34)17-9-5-15(6-10-17)14-3-7-16(8-4-14)22-18(28)11-19-25(30-22)31-27(29-19)38-21-13-37-23-20(33)12-36-24(21)23/h3-11,20-21,23-24,33H,12-13H2,1-2H3,(H,29,30,31)/t20-,21-,23-,24-/m1/s1. The van der Waals surface area contributed by atoms with Gasteiger partial charge in [0.05, 0.1) is 29.4 Å². The first-order valence-electron chi connectivity index (χ1n) is 12.2. The largest absolute Gasteiger partial charge is 0.456 e. The summed E-state index contributed by atoms with van der Waals surface area (Å²) in [7, 11) is -2.51. The van der Waals surface area contributed by atoms with Crippen LogP contribution in [0.2, 0.25) is 5.02 Å². The molecule has 1 amide bonds. The Hall–Kier alpha value is -3.35. The Labute approximate surface area is 229 Å². The molecule has 0 aliphatic carbocycles. The van der Waals surface area contributed by atoms with Crippen LogP contribution in [-0.2, 0) is 19.2 Å². The zero-order valence-electron chi connectivity index (χ0n) is 21.0. The lowest BCUT2D eigenvalue weighted by atomic mass is 10.0. The van der Waals surface area contributed by atoms with E-state index >= 15 is 0 Å². The number of hydrogen-bond acceptors (Lipinski definition) is 8. The number of aliphatic hydroxyl groups excluding tert-OH is 1. The number of halogens is 1. The minimum Gasteiger partial charge on any atom is -0.456 e. The number of fused-ring (bicyclic) bond motifs is 2. The molecule has 202 valence electrons. The summed E-state index contributed by atoms with van der Waals surface area (Å²) in [5.74, 6) is -0.499. The van der Waals surface area contributed by atoms with E-state index in [-0.39, 0.29) is 18.7 Å². The van der Waals surface area contributed by atoms with Crippen molar-refractivity contribution in [3.8, 4) is 28.4 Å². The first kappa shape index (κ1) is 25.9. The van der Waals surface area contributed by atoms with Gasteiger partial charge in [0.15, 0.2) is 11.8 Å². The molecule has 2 aromatic carbocycles. The summed E-state index contributed by atoms with van der Waals surface area (Å²) in [6, 6.07) is 16.7. The highest BCUT2D eigenvalue weighted by molar-refractivity contribution is 7.92. The summed E-state index contributed by atoms with van der Waals surface area (Å²) < 4.78 is 32.7. The van der Waals surface area contributed by atoms with Crippen molar-refractivity contribution in [2.75, 3.05) is 25.7 Å². The summed E-state index contributed by atoms with van der Waals surface area (Å²) in [4.78, 5) is 24.4. The third-order valence-electron chi connectivity index (χ3n) is 6.58. The van der Waals surface area contributed by atoms with Gasteiger partial charge >= 0.3 is 0 Å². The number of aromatic nitrogens is 3. The molecule has 6 rings (SSSR count). The van der Waals surface area contributed by atoms with Crippen LogP contribution in [0.4, 0.5) is 0 Å². The highest BCUT2D eigenvalue weighted by Gasteiger charge is 2.48. The Kier molecular flexibility index (Phi) is 6.64. The van der Waals surface area contributed by atoms with Crippen molar-refractivity contribution in [3.05, 3.63) is 65.2 Å². The first-order valence-corrected chi connectivity index (χ1v) is 14.9. The van der Waals surface area contributed by atoms with Gasteiger partial charge in [0.25, 0.3) is 11.9 Å². The van der Waals surface area contributed by atoms with Gasteiger partial charge in [-0.1, -0.05) is 48.0 Å². The number of hydrogen-bond donors (Lipinski definition) is 2. The first-order chi connectivity index (χ1) is 18.6. The Bertz CT molecular complexity index is 1670. The molecule has 2 aromatic heterocycles. The molecule has 2 aliphatic heterocycles. The summed E-state index contributed by atoms with van der Waals surface area (Å²) in [5, 5.41) is 10.4. The zero-order valence-corrected chi connectivity index (χ0v) is 22.6. The summed E-state index contributed by atoms with van der Waals surface area (Å²) in [6.45, 7) is 0.514. The average Bonchev–Trinajstić information content (AvgIpc) is 3.59. The molecule has 0 bridgehead atoms. The molecular formula is C27H25ClN4O6S. The summed E-state index contributed by atoms with van der Waals surface area (Å²) in [5.41, 5.74) is 4.69. The summed E-state index contributed by atoms with van der Waals surface area (Å²) in [6.07, 6.45) is 1.06. The molecule has 0 unspecified atom stereocenters. The maximum absolute atomic E-state index is 12.2. The fourth-order valence-electron chi connectivity index (χ4n) is 4.72. The van der Waals surface area contributed by atoms with Crippen LogP contribution in [0.15, 0.2) is 59.0 Å². The lowest BCUT2D eigenvalue weighted by Gasteiger charge is -2.15. The van der Waals surface area contributed by atoms with E-state index in [1.54, 1.807) is 18.2 Å². The van der Waals surface area contributed by atoms with Crippen molar-refractivity contribution in [2.45, 2.75) is 24.4 Å². The number of ether oxygens (including phenoxy) is 3. The van der Waals surface area contributed by atoms with Gasteiger partial charge < -0.3 is 24.3 Å². The number of aliphatic hydroxyl groups is 1. The summed E-state index contributed by atoms with van der Waals surface area (Å²) >= 11 is 6.58. The van der Waals surface area contributed by atoms with Crippen LogP contribution in [0.1, 0.15) is 10.4 Å². The number of rotatable bonds is 5. The number of imidazole rings is 1. The van der Waals surface area contributed by atoms with E-state index in [0.29, 0.717) is 34.1 Å². The Morgan fingerprint density at radius 2 is 1.67 bits per heavy atom. The second kappa shape index (κ2) is 10.00. The Morgan fingerprint density at radius 3 is 2.36 bits per heavy atom. The molecular weight excluding hydrogens is 544 g/mol. The average molecular weight is 569 g/mol. The smallest absolute Gasteiger partial charge is 0.296 e. The molecule has 0 saturated carbocycles. The van der Waals surface area contributed by atoms with Crippen LogP contribution < -0.4 is 4.74 Å². The number of aromatic amines is 1. The lowest BCUT2D eigenvalue weighted by Crippen LogP contribution is -2.34. The van der Waals surface area contributed by atoms with Gasteiger partial charge in [0, 0.05) is 33.4 Å². The van der Waals surface area contributed by atoms with Gasteiger partial charge in [-0.25, -0.2) is 9.19 Å². The minimum atomic E-state index is -2.51. The fraction of sp³-hybridized carbons (Fsp3) is 0.296. The van der Waals surface area contributed by atoms with E-state index in [1.165, 1.54) is 12.5 Å². The molecule has 39 heavy (non-hydrogen) atoms. The van der Waals surface area contributed by atoms with Crippen molar-refractivity contribution >= 4 is 38.4 Å². The third kappa shape index (κ3) is 5.28. The minimum absolute atomic E-state index is 0.220. The quantitative estimate of drug-likeness (QED) is 0.372. The second-order valence-corrected chi connectivity index (χ2v) is 12.7. The number of nitrogens with one attached hydrogen (secondary N) is 1. The van der Waals surface area contributed by atoms with Gasteiger partial charge in [0.1, 0.15) is 18.3 Å². The van der Waals surface area contributed by atoms with E-state index < -0.39 is 33.9 Å². The number of H-pyrrole nitrogens is 1. The van der Waals surface area contributed by atoms with E-state index in [2.05, 4.69) is 19.3 Å². The van der Waals surface area contributed by atoms with E-state index in [1.807, 2.05) is 36.4 Å². The zero-order chi connectivity index (χ0) is 27.3. The predicted octanol–water partition coefficient (Wildman–Crippen LogP) is 3.72. The molecule has 12 heteroatoms. The maximum Gasteiger partial charge on any atom is 0.296 e. The van der Waals surface area contributed by atoms with E-state index in [0.717, 1.165) is 16.7 Å². The SMILES string of the molecule is CS(C)(=O)=NC(=O)c1ccc(-c2ccc(-c3nc4nc(O[C@@H]5CO[C@H]6[C@@H]5OC[C@H]6O)[nH]c4cc3Cl)cc2)cc1. The van der Waals surface area contributed by atoms with Crippen molar-refractivity contribution in [3.63, 3.8) is 0 Å². The van der Waals surface area contributed by atoms with E-state index in [9.17, 15) is 14.1 Å². The fourth-order valence-corrected chi connectivity index (χ4v) is 5.49. The number of pyridine rings is 1. The molecule has 4 heterocycles. The predicted molar refractivity (Wildman–Crippen MR) is 146 cm³/mol. The monoisotopic (exact) mass is 568 g/mol. The van der Waals surface area contributed by atoms with Crippen LogP contribution in [0.25, 0.3) is 33.5 Å². The Morgan fingerprint density at radius 1 is 1.03 bits per heavy atom. The molecule has 2 saturated heterocycles. The topological polar surface area (TPSA) is 136 Å². The highest BCUT2D eigenvalue weighted by Crippen LogP contribution is 2.33. The lowest BCUT2D eigenvalue weighted by molar-refractivity contribution is 0.00706. The van der Waals surface area contributed by atoms with Crippen molar-refractivity contribution in [1.82, 2.24) is 15.0 Å². The van der Waals surface area contributed by atoms with Crippen LogP contribution in [0.5, 0.6) is 6.01 Å². The Balaban J connectivity index is 1.20. The van der Waals surface area contributed by atoms with E-state index in [4.69, 9.17) is 25.8 Å². The van der Waals surface area contributed by atoms with Crippen LogP contribution in [0, 0.1) is 0 Å².